The second-order valence-corrected chi connectivity index (χ2v) is 9.29. The first-order valence-electron chi connectivity index (χ1n) is 13.0. The number of aryl methyl sites for hydroxylation is 2. The zero-order valence-electron chi connectivity index (χ0n) is 22.3. The maximum Gasteiger partial charge on any atom is 0.253 e. The molecule has 3 aromatic rings. The van der Waals surface area contributed by atoms with Crippen LogP contribution in [0.5, 0.6) is 11.5 Å². The summed E-state index contributed by atoms with van der Waals surface area (Å²) in [7, 11) is 1.58. The van der Waals surface area contributed by atoms with Crippen molar-refractivity contribution in [2.75, 3.05) is 13.7 Å². The van der Waals surface area contributed by atoms with E-state index < -0.39 is 6.17 Å². The highest BCUT2D eigenvalue weighted by molar-refractivity contribution is 5.97. The van der Waals surface area contributed by atoms with Crippen LogP contribution in [0.15, 0.2) is 66.7 Å². The number of rotatable bonds is 13. The fraction of sp³-hybridized carbons (Fsp3) is 0.355. The van der Waals surface area contributed by atoms with Gasteiger partial charge in [0.1, 0.15) is 6.17 Å². The molecule has 0 aliphatic heterocycles. The van der Waals surface area contributed by atoms with Gasteiger partial charge in [0.15, 0.2) is 11.5 Å². The molecule has 6 nitrogen and oxygen atoms in total. The third kappa shape index (κ3) is 8.38. The van der Waals surface area contributed by atoms with Gasteiger partial charge < -0.3 is 20.1 Å². The van der Waals surface area contributed by atoms with Crippen LogP contribution >= 0.6 is 0 Å². The zero-order chi connectivity index (χ0) is 26.6. The summed E-state index contributed by atoms with van der Waals surface area (Å²) in [4.78, 5) is 26.2. The number of amides is 2. The van der Waals surface area contributed by atoms with Crippen molar-refractivity contribution in [2.45, 2.75) is 59.0 Å². The molecule has 0 bridgehead atoms. The molecular weight excluding hydrogens is 464 g/mol. The summed E-state index contributed by atoms with van der Waals surface area (Å²) in [6.07, 6.45) is 4.98. The summed E-state index contributed by atoms with van der Waals surface area (Å²) >= 11 is 0. The van der Waals surface area contributed by atoms with E-state index in [1.807, 2.05) is 62.4 Å². The van der Waals surface area contributed by atoms with Gasteiger partial charge in [-0.3, -0.25) is 9.59 Å². The van der Waals surface area contributed by atoms with E-state index in [9.17, 15) is 9.59 Å². The Morgan fingerprint density at radius 2 is 1.35 bits per heavy atom. The van der Waals surface area contributed by atoms with E-state index in [2.05, 4.69) is 17.6 Å². The van der Waals surface area contributed by atoms with Gasteiger partial charge in [-0.25, -0.2) is 0 Å². The predicted molar refractivity (Wildman–Crippen MR) is 147 cm³/mol. The summed E-state index contributed by atoms with van der Waals surface area (Å²) < 4.78 is 11.6. The Balaban J connectivity index is 1.81. The van der Waals surface area contributed by atoms with E-state index in [1.54, 1.807) is 25.3 Å². The molecule has 0 spiro atoms. The Bertz CT molecular complexity index is 1130. The topological polar surface area (TPSA) is 76.7 Å². The highest BCUT2D eigenvalue weighted by Crippen LogP contribution is 2.30. The van der Waals surface area contributed by atoms with E-state index in [4.69, 9.17) is 9.47 Å². The van der Waals surface area contributed by atoms with Crippen LogP contribution in [0.1, 0.15) is 82.6 Å². The van der Waals surface area contributed by atoms with Crippen molar-refractivity contribution < 1.29 is 19.1 Å². The van der Waals surface area contributed by atoms with Crippen molar-refractivity contribution in [3.63, 3.8) is 0 Å². The number of carbonyl (C=O) groups is 2. The lowest BCUT2D eigenvalue weighted by Crippen LogP contribution is -2.41. The molecule has 0 saturated heterocycles. The summed E-state index contributed by atoms with van der Waals surface area (Å²) in [5.74, 6) is 0.607. The molecular formula is C31H38N2O4. The number of nitrogens with one attached hydrogen (secondary N) is 2. The molecule has 3 rings (SSSR count). The molecule has 2 amide bonds. The van der Waals surface area contributed by atoms with Crippen molar-refractivity contribution in [3.8, 4) is 11.5 Å². The summed E-state index contributed by atoms with van der Waals surface area (Å²) in [5.41, 5.74) is 3.67. The maximum absolute atomic E-state index is 13.1. The molecule has 2 N–H and O–H groups in total. The molecule has 6 heteroatoms. The molecule has 0 fully saturated rings. The van der Waals surface area contributed by atoms with Crippen LogP contribution in [0.3, 0.4) is 0 Å². The van der Waals surface area contributed by atoms with Crippen LogP contribution in [-0.2, 0) is 0 Å². The number of hydrogen-bond acceptors (Lipinski definition) is 4. The van der Waals surface area contributed by atoms with Crippen molar-refractivity contribution >= 4 is 11.8 Å². The smallest absolute Gasteiger partial charge is 0.253 e. The van der Waals surface area contributed by atoms with Crippen molar-refractivity contribution in [2.24, 2.45) is 0 Å². The third-order valence-corrected chi connectivity index (χ3v) is 6.14. The maximum atomic E-state index is 13.1. The number of ether oxygens (including phenoxy) is 2. The van der Waals surface area contributed by atoms with Gasteiger partial charge in [0.05, 0.1) is 13.7 Å². The summed E-state index contributed by atoms with van der Waals surface area (Å²) in [6.45, 7) is 6.67. The van der Waals surface area contributed by atoms with Crippen LogP contribution in [0.4, 0.5) is 0 Å². The van der Waals surface area contributed by atoms with E-state index in [-0.39, 0.29) is 11.8 Å². The molecule has 0 aromatic heterocycles. The second kappa shape index (κ2) is 14.1. The molecule has 0 aliphatic carbocycles. The van der Waals surface area contributed by atoms with Gasteiger partial charge in [0, 0.05) is 11.1 Å². The first-order valence-corrected chi connectivity index (χ1v) is 13.0. The Kier molecular flexibility index (Phi) is 10.6. The van der Waals surface area contributed by atoms with E-state index in [0.29, 0.717) is 34.8 Å². The fourth-order valence-corrected chi connectivity index (χ4v) is 4.07. The SMILES string of the molecule is CCCCCCCOc1ccc(C(NC(=O)c2cccc(C)c2)NC(=O)c2cccc(C)c2)cc1OC. The van der Waals surface area contributed by atoms with Crippen LogP contribution in [-0.4, -0.2) is 25.5 Å². The molecule has 0 heterocycles. The van der Waals surface area contributed by atoms with Gasteiger partial charge in [-0.1, -0.05) is 74.1 Å². The average Bonchev–Trinajstić information content (AvgIpc) is 2.90. The van der Waals surface area contributed by atoms with Crippen LogP contribution in [0.25, 0.3) is 0 Å². The van der Waals surface area contributed by atoms with Gasteiger partial charge in [-0.05, 0) is 62.2 Å². The van der Waals surface area contributed by atoms with Crippen molar-refractivity contribution in [1.82, 2.24) is 10.6 Å². The highest BCUT2D eigenvalue weighted by Gasteiger charge is 2.21. The highest BCUT2D eigenvalue weighted by atomic mass is 16.5. The Morgan fingerprint density at radius 3 is 1.89 bits per heavy atom. The molecule has 0 unspecified atom stereocenters. The number of methoxy groups -OCH3 is 1. The number of unbranched alkanes of at least 4 members (excludes halogenated alkanes) is 4. The van der Waals surface area contributed by atoms with Crippen LogP contribution in [0, 0.1) is 13.8 Å². The molecule has 0 atom stereocenters. The lowest BCUT2D eigenvalue weighted by atomic mass is 10.1. The van der Waals surface area contributed by atoms with E-state index in [1.165, 1.54) is 19.3 Å². The molecule has 0 aliphatic rings. The lowest BCUT2D eigenvalue weighted by molar-refractivity contribution is 0.0883. The van der Waals surface area contributed by atoms with Gasteiger partial charge in [0.25, 0.3) is 11.8 Å². The van der Waals surface area contributed by atoms with Gasteiger partial charge in [0.2, 0.25) is 0 Å². The quantitative estimate of drug-likeness (QED) is 0.206. The Morgan fingerprint density at radius 1 is 0.757 bits per heavy atom. The minimum Gasteiger partial charge on any atom is -0.493 e. The second-order valence-electron chi connectivity index (χ2n) is 9.29. The molecule has 196 valence electrons. The first kappa shape index (κ1) is 27.8. The molecule has 0 radical (unpaired) electrons. The number of hydrogen-bond donors (Lipinski definition) is 2. The van der Waals surface area contributed by atoms with Crippen LogP contribution in [0.2, 0.25) is 0 Å². The van der Waals surface area contributed by atoms with Crippen molar-refractivity contribution in [1.29, 1.82) is 0 Å². The fourth-order valence-electron chi connectivity index (χ4n) is 4.07. The normalized spacial score (nSPS) is 10.7. The predicted octanol–water partition coefficient (Wildman–Crippen LogP) is 6.52. The van der Waals surface area contributed by atoms with E-state index in [0.717, 1.165) is 24.0 Å². The number of carbonyl (C=O) groups excluding carboxylic acids is 2. The minimum absolute atomic E-state index is 0.287. The van der Waals surface area contributed by atoms with Crippen LogP contribution < -0.4 is 20.1 Å². The zero-order valence-corrected chi connectivity index (χ0v) is 22.3. The Labute approximate surface area is 220 Å². The molecule has 3 aromatic carbocycles. The standard InChI is InChI=1S/C31H38N2O4/c1-5-6-7-8-9-18-37-27-17-16-24(21-28(27)36-4)29(32-30(34)25-14-10-12-22(2)19-25)33-31(35)26-15-11-13-23(3)20-26/h10-17,19-21,29H,5-9,18H2,1-4H3,(H,32,34)(H,33,35). The molecule has 0 saturated carbocycles. The number of benzene rings is 3. The summed E-state index contributed by atoms with van der Waals surface area (Å²) in [6, 6.07) is 20.1. The first-order chi connectivity index (χ1) is 17.9. The monoisotopic (exact) mass is 502 g/mol. The summed E-state index contributed by atoms with van der Waals surface area (Å²) in [5, 5.41) is 5.93. The van der Waals surface area contributed by atoms with Gasteiger partial charge >= 0.3 is 0 Å². The largest absolute Gasteiger partial charge is 0.493 e. The van der Waals surface area contributed by atoms with Gasteiger partial charge in [-0.2, -0.15) is 0 Å². The minimum atomic E-state index is -0.780. The Hall–Kier alpha value is -3.80. The average molecular weight is 503 g/mol. The third-order valence-electron chi connectivity index (χ3n) is 6.14. The van der Waals surface area contributed by atoms with Gasteiger partial charge in [-0.15, -0.1) is 0 Å². The van der Waals surface area contributed by atoms with Crippen molar-refractivity contribution in [3.05, 3.63) is 94.5 Å². The van der Waals surface area contributed by atoms with E-state index >= 15 is 0 Å². The lowest BCUT2D eigenvalue weighted by Gasteiger charge is -2.22. The molecule has 37 heavy (non-hydrogen) atoms.